The van der Waals surface area contributed by atoms with E-state index in [1.54, 1.807) is 12.1 Å². The number of nitrogens with zero attached hydrogens (tertiary/aromatic N) is 3. The third-order valence-electron chi connectivity index (χ3n) is 3.79. The van der Waals surface area contributed by atoms with Crippen molar-refractivity contribution >= 4 is 23.2 Å². The molecule has 0 fully saturated rings. The predicted octanol–water partition coefficient (Wildman–Crippen LogP) is 4.30. The number of benzene rings is 2. The Morgan fingerprint density at radius 2 is 1.78 bits per heavy atom. The van der Waals surface area contributed by atoms with Crippen LogP contribution in [0.4, 0.5) is 30.5 Å². The first-order chi connectivity index (χ1) is 13.0. The number of para-hydroxylation sites is 1. The van der Waals surface area contributed by atoms with Gasteiger partial charge in [0.05, 0.1) is 5.69 Å². The topological polar surface area (TPSA) is 58.1 Å². The minimum Gasteiger partial charge on any atom is -0.322 e. The summed E-state index contributed by atoms with van der Waals surface area (Å²) in [6.45, 7) is 2.23. The van der Waals surface area contributed by atoms with Crippen molar-refractivity contribution in [2.75, 3.05) is 16.8 Å². The minimum atomic E-state index is -1.60. The molecule has 0 atom stereocenters. The first-order valence-corrected chi connectivity index (χ1v) is 8.11. The first-order valence-electron chi connectivity index (χ1n) is 8.11. The molecule has 3 rings (SSSR count). The number of hydrogen-bond donors (Lipinski definition) is 1. The molecule has 0 aliphatic carbocycles. The number of aromatic nitrogens is 2. The Balaban J connectivity index is 1.87. The molecular formula is C19H15F3N4O. The zero-order valence-electron chi connectivity index (χ0n) is 14.3. The quantitative estimate of drug-likeness (QED) is 0.679. The third kappa shape index (κ3) is 3.89. The van der Waals surface area contributed by atoms with Gasteiger partial charge in [0.25, 0.3) is 5.91 Å². The monoisotopic (exact) mass is 372 g/mol. The van der Waals surface area contributed by atoms with Crippen LogP contribution in [0.15, 0.2) is 54.7 Å². The van der Waals surface area contributed by atoms with Crippen LogP contribution in [-0.2, 0) is 0 Å². The van der Waals surface area contributed by atoms with E-state index in [1.807, 2.05) is 25.1 Å². The van der Waals surface area contributed by atoms with Crippen molar-refractivity contribution in [1.29, 1.82) is 0 Å². The summed E-state index contributed by atoms with van der Waals surface area (Å²) in [4.78, 5) is 22.2. The van der Waals surface area contributed by atoms with Gasteiger partial charge in [-0.3, -0.25) is 4.79 Å². The molecule has 1 N–H and O–H groups in total. The molecule has 0 bridgehead atoms. The van der Waals surface area contributed by atoms with Crippen LogP contribution in [0.1, 0.15) is 17.4 Å². The van der Waals surface area contributed by atoms with Crippen LogP contribution >= 0.6 is 0 Å². The summed E-state index contributed by atoms with van der Waals surface area (Å²) in [6.07, 6.45) is 1.32. The fourth-order valence-corrected chi connectivity index (χ4v) is 2.47. The Labute approximate surface area is 153 Å². The number of carbonyl (C=O) groups excluding carboxylic acids is 1. The van der Waals surface area contributed by atoms with Crippen molar-refractivity contribution < 1.29 is 18.0 Å². The Bertz CT molecular complexity index is 966. The van der Waals surface area contributed by atoms with Crippen LogP contribution in [-0.4, -0.2) is 22.4 Å². The van der Waals surface area contributed by atoms with Gasteiger partial charge in [-0.1, -0.05) is 18.2 Å². The highest BCUT2D eigenvalue weighted by Crippen LogP contribution is 2.22. The van der Waals surface area contributed by atoms with Crippen LogP contribution in [0, 0.1) is 17.5 Å². The molecule has 27 heavy (non-hydrogen) atoms. The Hall–Kier alpha value is -3.42. The lowest BCUT2D eigenvalue weighted by Gasteiger charge is -2.20. The van der Waals surface area contributed by atoms with Crippen LogP contribution in [0.3, 0.4) is 0 Å². The van der Waals surface area contributed by atoms with E-state index in [2.05, 4.69) is 15.3 Å². The fourth-order valence-electron chi connectivity index (χ4n) is 2.47. The van der Waals surface area contributed by atoms with Crippen LogP contribution in [0.5, 0.6) is 0 Å². The lowest BCUT2D eigenvalue weighted by Crippen LogP contribution is -2.31. The van der Waals surface area contributed by atoms with E-state index < -0.39 is 17.5 Å². The number of carbonyl (C=O) groups is 1. The van der Waals surface area contributed by atoms with Crippen LogP contribution in [0.2, 0.25) is 0 Å². The van der Waals surface area contributed by atoms with Crippen molar-refractivity contribution in [3.63, 3.8) is 0 Å². The lowest BCUT2D eigenvalue weighted by atomic mass is 10.2. The Morgan fingerprint density at radius 1 is 1.04 bits per heavy atom. The van der Waals surface area contributed by atoms with Crippen molar-refractivity contribution in [2.45, 2.75) is 6.92 Å². The molecule has 138 valence electrons. The van der Waals surface area contributed by atoms with E-state index in [0.29, 0.717) is 12.2 Å². The standard InChI is InChI=1S/C19H15F3N4O/c1-2-26(12-6-4-3-5-7-12)18(27)15-10-11-23-19(25-15)24-14-9-8-13(20)16(21)17(14)22/h3-11H,2H2,1H3,(H,23,24,25). The van der Waals surface area contributed by atoms with E-state index in [1.165, 1.54) is 17.2 Å². The highest BCUT2D eigenvalue weighted by molar-refractivity contribution is 6.04. The maximum atomic E-state index is 13.8. The number of halogens is 3. The molecule has 1 aromatic heterocycles. The van der Waals surface area contributed by atoms with Gasteiger partial charge in [-0.25, -0.2) is 23.1 Å². The normalized spacial score (nSPS) is 10.5. The number of rotatable bonds is 5. The largest absolute Gasteiger partial charge is 0.322 e. The zero-order valence-corrected chi connectivity index (χ0v) is 14.3. The summed E-state index contributed by atoms with van der Waals surface area (Å²) >= 11 is 0. The lowest BCUT2D eigenvalue weighted by molar-refractivity contribution is 0.0983. The molecule has 0 aliphatic rings. The highest BCUT2D eigenvalue weighted by Gasteiger charge is 2.19. The van der Waals surface area contributed by atoms with E-state index in [0.717, 1.165) is 12.1 Å². The molecule has 8 heteroatoms. The Morgan fingerprint density at radius 3 is 2.48 bits per heavy atom. The molecular weight excluding hydrogens is 357 g/mol. The van der Waals surface area contributed by atoms with Gasteiger partial charge >= 0.3 is 0 Å². The number of anilines is 3. The first kappa shape index (κ1) is 18.4. The van der Waals surface area contributed by atoms with Gasteiger partial charge in [-0.15, -0.1) is 0 Å². The number of amides is 1. The SMILES string of the molecule is CCN(C(=O)c1ccnc(Nc2ccc(F)c(F)c2F)n1)c1ccccc1. The smallest absolute Gasteiger partial charge is 0.277 e. The molecule has 2 aromatic carbocycles. The molecule has 0 saturated carbocycles. The van der Waals surface area contributed by atoms with Crippen LogP contribution in [0.25, 0.3) is 0 Å². The van der Waals surface area contributed by atoms with E-state index in [-0.39, 0.29) is 23.2 Å². The van der Waals surface area contributed by atoms with Gasteiger partial charge in [-0.05, 0) is 37.3 Å². The molecule has 1 amide bonds. The molecule has 0 aliphatic heterocycles. The number of nitrogens with one attached hydrogen (secondary N) is 1. The summed E-state index contributed by atoms with van der Waals surface area (Å²) in [6, 6.07) is 12.3. The molecule has 0 radical (unpaired) electrons. The second-order valence-corrected chi connectivity index (χ2v) is 5.50. The molecule has 0 saturated heterocycles. The second-order valence-electron chi connectivity index (χ2n) is 5.50. The van der Waals surface area contributed by atoms with Gasteiger partial charge in [-0.2, -0.15) is 0 Å². The van der Waals surface area contributed by atoms with E-state index in [4.69, 9.17) is 0 Å². The van der Waals surface area contributed by atoms with Gasteiger partial charge in [0.2, 0.25) is 5.95 Å². The summed E-state index contributed by atoms with van der Waals surface area (Å²) < 4.78 is 40.2. The highest BCUT2D eigenvalue weighted by atomic mass is 19.2. The van der Waals surface area contributed by atoms with Gasteiger partial charge < -0.3 is 10.2 Å². The van der Waals surface area contributed by atoms with E-state index >= 15 is 0 Å². The molecule has 0 spiro atoms. The predicted molar refractivity (Wildman–Crippen MR) is 95.4 cm³/mol. The van der Waals surface area contributed by atoms with Gasteiger partial charge in [0, 0.05) is 18.4 Å². The second kappa shape index (κ2) is 7.86. The molecule has 0 unspecified atom stereocenters. The summed E-state index contributed by atoms with van der Waals surface area (Å²) in [7, 11) is 0. The fraction of sp³-hybridized carbons (Fsp3) is 0.105. The summed E-state index contributed by atoms with van der Waals surface area (Å²) in [5, 5.41) is 2.46. The third-order valence-corrected chi connectivity index (χ3v) is 3.79. The van der Waals surface area contributed by atoms with Crippen molar-refractivity contribution in [1.82, 2.24) is 9.97 Å². The Kier molecular flexibility index (Phi) is 5.35. The average Bonchev–Trinajstić information content (AvgIpc) is 2.70. The summed E-state index contributed by atoms with van der Waals surface area (Å²) in [5.74, 6) is -4.79. The molecule has 1 heterocycles. The number of hydrogen-bond acceptors (Lipinski definition) is 4. The van der Waals surface area contributed by atoms with Gasteiger partial charge in [0.15, 0.2) is 17.5 Å². The van der Waals surface area contributed by atoms with Crippen molar-refractivity contribution in [3.8, 4) is 0 Å². The minimum absolute atomic E-state index is 0.0706. The van der Waals surface area contributed by atoms with Crippen molar-refractivity contribution in [2.24, 2.45) is 0 Å². The maximum absolute atomic E-state index is 13.8. The van der Waals surface area contributed by atoms with E-state index in [9.17, 15) is 18.0 Å². The maximum Gasteiger partial charge on any atom is 0.277 e. The summed E-state index contributed by atoms with van der Waals surface area (Å²) in [5.41, 5.74) is 0.430. The van der Waals surface area contributed by atoms with Crippen molar-refractivity contribution in [3.05, 3.63) is 77.9 Å². The average molecular weight is 372 g/mol. The van der Waals surface area contributed by atoms with Gasteiger partial charge in [0.1, 0.15) is 5.69 Å². The van der Waals surface area contributed by atoms with Crippen LogP contribution < -0.4 is 10.2 Å². The molecule has 3 aromatic rings. The molecule has 5 nitrogen and oxygen atoms in total. The zero-order chi connectivity index (χ0) is 19.4.